The van der Waals surface area contributed by atoms with E-state index in [1.807, 2.05) is 48.5 Å². The van der Waals surface area contributed by atoms with Crippen LogP contribution in [-0.4, -0.2) is 11.0 Å². The Balaban J connectivity index is 1.79. The summed E-state index contributed by atoms with van der Waals surface area (Å²) in [6.07, 6.45) is 1.35. The van der Waals surface area contributed by atoms with Crippen LogP contribution in [0.2, 0.25) is 0 Å². The summed E-state index contributed by atoms with van der Waals surface area (Å²) >= 11 is 0. The highest BCUT2D eigenvalue weighted by molar-refractivity contribution is 5.93. The summed E-state index contributed by atoms with van der Waals surface area (Å²) < 4.78 is 0. The van der Waals surface area contributed by atoms with Crippen molar-refractivity contribution < 1.29 is 9.90 Å². The van der Waals surface area contributed by atoms with Gasteiger partial charge in [-0.15, -0.1) is 0 Å². The van der Waals surface area contributed by atoms with E-state index >= 15 is 0 Å². The minimum Gasteiger partial charge on any atom is -0.388 e. The molecule has 20 heavy (non-hydrogen) atoms. The zero-order valence-electron chi connectivity index (χ0n) is 11.2. The van der Waals surface area contributed by atoms with Crippen LogP contribution in [0.4, 0.5) is 5.69 Å². The van der Waals surface area contributed by atoms with Gasteiger partial charge in [0.15, 0.2) is 0 Å². The summed E-state index contributed by atoms with van der Waals surface area (Å²) in [7, 11) is 0. The first-order chi connectivity index (χ1) is 9.72. The minimum atomic E-state index is -0.514. The Labute approximate surface area is 118 Å². The molecule has 0 bridgehead atoms. The molecule has 102 valence electrons. The molecule has 1 aliphatic heterocycles. The fraction of sp³-hybridized carbons (Fsp3) is 0.235. The number of carbonyl (C=O) groups excluding carboxylic acids is 1. The SMILES string of the molecule is O=C1CCc2cc(C(O)Cc3ccccc3)ccc2N1. The van der Waals surface area contributed by atoms with E-state index in [1.54, 1.807) is 0 Å². The van der Waals surface area contributed by atoms with Gasteiger partial charge in [0.05, 0.1) is 6.10 Å². The number of hydrogen-bond acceptors (Lipinski definition) is 2. The maximum Gasteiger partial charge on any atom is 0.224 e. The van der Waals surface area contributed by atoms with Crippen LogP contribution in [0.3, 0.4) is 0 Å². The lowest BCUT2D eigenvalue weighted by molar-refractivity contribution is -0.116. The zero-order valence-corrected chi connectivity index (χ0v) is 11.2. The fourth-order valence-electron chi connectivity index (χ4n) is 2.57. The quantitative estimate of drug-likeness (QED) is 0.898. The molecule has 0 fully saturated rings. The molecule has 2 N–H and O–H groups in total. The van der Waals surface area contributed by atoms with Gasteiger partial charge in [0.2, 0.25) is 5.91 Å². The molecule has 0 saturated carbocycles. The summed E-state index contributed by atoms with van der Waals surface area (Å²) in [5.74, 6) is 0.0649. The molecule has 0 radical (unpaired) electrons. The van der Waals surface area contributed by atoms with Crippen LogP contribution >= 0.6 is 0 Å². The van der Waals surface area contributed by atoms with Gasteiger partial charge in [0, 0.05) is 18.5 Å². The van der Waals surface area contributed by atoms with Crippen molar-refractivity contribution in [3.05, 3.63) is 65.2 Å². The number of aliphatic hydroxyl groups excluding tert-OH is 1. The monoisotopic (exact) mass is 267 g/mol. The molecule has 3 nitrogen and oxygen atoms in total. The Morgan fingerprint density at radius 3 is 2.70 bits per heavy atom. The van der Waals surface area contributed by atoms with E-state index in [4.69, 9.17) is 0 Å². The van der Waals surface area contributed by atoms with Crippen LogP contribution in [0.5, 0.6) is 0 Å². The highest BCUT2D eigenvalue weighted by Gasteiger charge is 2.17. The van der Waals surface area contributed by atoms with E-state index in [1.165, 1.54) is 0 Å². The van der Waals surface area contributed by atoms with Crippen molar-refractivity contribution in [1.29, 1.82) is 0 Å². The van der Waals surface area contributed by atoms with Crippen LogP contribution in [0.25, 0.3) is 0 Å². The third-order valence-corrected chi connectivity index (χ3v) is 3.68. The number of rotatable bonds is 3. The molecular formula is C17H17NO2. The number of anilines is 1. The van der Waals surface area contributed by atoms with Crippen molar-refractivity contribution in [2.24, 2.45) is 0 Å². The normalized spacial score (nSPS) is 15.3. The topological polar surface area (TPSA) is 49.3 Å². The Morgan fingerprint density at radius 1 is 1.10 bits per heavy atom. The number of hydrogen-bond donors (Lipinski definition) is 2. The van der Waals surface area contributed by atoms with Crippen LogP contribution in [-0.2, 0) is 17.6 Å². The Morgan fingerprint density at radius 2 is 1.90 bits per heavy atom. The molecule has 1 aliphatic rings. The highest BCUT2D eigenvalue weighted by Crippen LogP contribution is 2.27. The van der Waals surface area contributed by atoms with Crippen molar-refractivity contribution >= 4 is 11.6 Å². The van der Waals surface area contributed by atoms with Crippen LogP contribution in [0.15, 0.2) is 48.5 Å². The summed E-state index contributed by atoms with van der Waals surface area (Å²) in [5.41, 5.74) is 4.00. The maximum atomic E-state index is 11.3. The first-order valence-electron chi connectivity index (χ1n) is 6.87. The van der Waals surface area contributed by atoms with Crippen LogP contribution in [0.1, 0.15) is 29.2 Å². The van der Waals surface area contributed by atoms with Gasteiger partial charge in [-0.2, -0.15) is 0 Å². The standard InChI is InChI=1S/C17H17NO2/c19-16(10-12-4-2-1-3-5-12)14-6-8-15-13(11-14)7-9-17(20)18-15/h1-6,8,11,16,19H,7,9-10H2,(H,18,20). The van der Waals surface area contributed by atoms with Gasteiger partial charge >= 0.3 is 0 Å². The molecule has 1 atom stereocenters. The molecule has 2 aromatic rings. The molecule has 0 saturated heterocycles. The lowest BCUT2D eigenvalue weighted by Gasteiger charge is -2.19. The number of fused-ring (bicyclic) bond motifs is 1. The molecule has 1 amide bonds. The van der Waals surface area contributed by atoms with E-state index in [-0.39, 0.29) is 5.91 Å². The third kappa shape index (κ3) is 2.73. The van der Waals surface area contributed by atoms with E-state index in [2.05, 4.69) is 5.32 Å². The molecular weight excluding hydrogens is 250 g/mol. The average molecular weight is 267 g/mol. The summed E-state index contributed by atoms with van der Waals surface area (Å²) in [6.45, 7) is 0. The molecule has 1 unspecified atom stereocenters. The van der Waals surface area contributed by atoms with E-state index in [9.17, 15) is 9.90 Å². The summed E-state index contributed by atoms with van der Waals surface area (Å²) in [6, 6.07) is 15.7. The average Bonchev–Trinajstić information content (AvgIpc) is 2.47. The molecule has 0 spiro atoms. The third-order valence-electron chi connectivity index (χ3n) is 3.68. The largest absolute Gasteiger partial charge is 0.388 e. The van der Waals surface area contributed by atoms with Gasteiger partial charge in [-0.05, 0) is 29.2 Å². The molecule has 2 aromatic carbocycles. The predicted octanol–water partition coefficient (Wildman–Crippen LogP) is 2.85. The molecule has 3 heteroatoms. The zero-order chi connectivity index (χ0) is 13.9. The first kappa shape index (κ1) is 12.9. The second-order valence-corrected chi connectivity index (χ2v) is 5.17. The number of aryl methyl sites for hydroxylation is 1. The summed E-state index contributed by atoms with van der Waals surface area (Å²) in [4.78, 5) is 11.3. The Kier molecular flexibility index (Phi) is 3.52. The van der Waals surface area contributed by atoms with E-state index in [0.29, 0.717) is 12.8 Å². The minimum absolute atomic E-state index is 0.0649. The number of nitrogens with one attached hydrogen (secondary N) is 1. The number of benzene rings is 2. The Bertz CT molecular complexity index is 622. The lowest BCUT2D eigenvalue weighted by Crippen LogP contribution is -2.19. The second-order valence-electron chi connectivity index (χ2n) is 5.17. The molecule has 3 rings (SSSR count). The van der Waals surface area contributed by atoms with Gasteiger partial charge in [-0.3, -0.25) is 4.79 Å². The molecule has 0 aromatic heterocycles. The number of aliphatic hydroxyl groups is 1. The first-order valence-corrected chi connectivity index (χ1v) is 6.87. The highest BCUT2D eigenvalue weighted by atomic mass is 16.3. The van der Waals surface area contributed by atoms with Crippen molar-refractivity contribution in [2.75, 3.05) is 5.32 Å². The predicted molar refractivity (Wildman–Crippen MR) is 78.5 cm³/mol. The molecule has 1 heterocycles. The summed E-state index contributed by atoms with van der Waals surface area (Å²) in [5, 5.41) is 13.2. The van der Waals surface area contributed by atoms with E-state index in [0.717, 1.165) is 28.8 Å². The van der Waals surface area contributed by atoms with Gasteiger partial charge in [0.25, 0.3) is 0 Å². The smallest absolute Gasteiger partial charge is 0.224 e. The van der Waals surface area contributed by atoms with Crippen LogP contribution < -0.4 is 5.32 Å². The van der Waals surface area contributed by atoms with Crippen molar-refractivity contribution in [2.45, 2.75) is 25.4 Å². The van der Waals surface area contributed by atoms with Gasteiger partial charge < -0.3 is 10.4 Å². The van der Waals surface area contributed by atoms with Gasteiger partial charge in [0.1, 0.15) is 0 Å². The van der Waals surface area contributed by atoms with Crippen molar-refractivity contribution in [1.82, 2.24) is 0 Å². The van der Waals surface area contributed by atoms with Gasteiger partial charge in [-0.1, -0.05) is 42.5 Å². The number of amides is 1. The lowest BCUT2D eigenvalue weighted by atomic mass is 9.95. The van der Waals surface area contributed by atoms with Crippen LogP contribution in [0, 0.1) is 0 Å². The van der Waals surface area contributed by atoms with Gasteiger partial charge in [-0.25, -0.2) is 0 Å². The van der Waals surface area contributed by atoms with Crippen molar-refractivity contribution in [3.8, 4) is 0 Å². The second kappa shape index (κ2) is 5.47. The number of carbonyl (C=O) groups is 1. The van der Waals surface area contributed by atoms with Crippen molar-refractivity contribution in [3.63, 3.8) is 0 Å². The molecule has 0 aliphatic carbocycles. The van der Waals surface area contributed by atoms with E-state index < -0.39 is 6.10 Å². The maximum absolute atomic E-state index is 11.3. The Hall–Kier alpha value is -2.13. The fourth-order valence-corrected chi connectivity index (χ4v) is 2.57.